The van der Waals surface area contributed by atoms with Gasteiger partial charge in [0, 0.05) is 33.9 Å². The molecule has 1 saturated heterocycles. The van der Waals surface area contributed by atoms with Gasteiger partial charge in [0.25, 0.3) is 5.91 Å². The number of hydrogen-bond acceptors (Lipinski definition) is 4. The Hall–Kier alpha value is -1.56. The van der Waals surface area contributed by atoms with Crippen LogP contribution in [0.2, 0.25) is 0 Å². The van der Waals surface area contributed by atoms with Crippen LogP contribution in [0.15, 0.2) is 0 Å². The number of aryl methyl sites for hydroxylation is 2. The van der Waals surface area contributed by atoms with Crippen molar-refractivity contribution in [2.75, 3.05) is 32.5 Å². The van der Waals surface area contributed by atoms with Gasteiger partial charge in [0.05, 0.1) is 11.4 Å². The van der Waals surface area contributed by atoms with Gasteiger partial charge in [0.1, 0.15) is 5.69 Å². The van der Waals surface area contributed by atoms with Crippen LogP contribution in [-0.2, 0) is 11.8 Å². The summed E-state index contributed by atoms with van der Waals surface area (Å²) >= 11 is 0. The quantitative estimate of drug-likeness (QED) is 0.878. The standard InChI is InChI=1S/C13H22N4O2/c1-9-11(14)12(17(3)15-9)13(18)16(2)8-10-4-6-19-7-5-10/h10H,4-8,14H2,1-3H3. The van der Waals surface area contributed by atoms with E-state index < -0.39 is 0 Å². The van der Waals surface area contributed by atoms with Crippen LogP contribution in [0.1, 0.15) is 29.0 Å². The zero-order valence-electron chi connectivity index (χ0n) is 11.8. The molecule has 0 bridgehead atoms. The maximum atomic E-state index is 12.4. The summed E-state index contributed by atoms with van der Waals surface area (Å²) < 4.78 is 6.89. The Balaban J connectivity index is 2.05. The van der Waals surface area contributed by atoms with Crippen LogP contribution in [0.5, 0.6) is 0 Å². The number of rotatable bonds is 3. The molecular weight excluding hydrogens is 244 g/mol. The predicted molar refractivity (Wildman–Crippen MR) is 72.9 cm³/mol. The second-order valence-corrected chi connectivity index (χ2v) is 5.21. The molecule has 6 heteroatoms. The lowest BCUT2D eigenvalue weighted by atomic mass is 10.00. The molecule has 0 radical (unpaired) electrons. The third-order valence-corrected chi connectivity index (χ3v) is 3.69. The molecule has 19 heavy (non-hydrogen) atoms. The fourth-order valence-electron chi connectivity index (χ4n) is 2.51. The van der Waals surface area contributed by atoms with Gasteiger partial charge in [-0.25, -0.2) is 0 Å². The highest BCUT2D eigenvalue weighted by Gasteiger charge is 2.24. The Morgan fingerprint density at radius 3 is 2.68 bits per heavy atom. The van der Waals surface area contributed by atoms with Crippen molar-refractivity contribution < 1.29 is 9.53 Å². The second-order valence-electron chi connectivity index (χ2n) is 5.21. The van der Waals surface area contributed by atoms with E-state index in [-0.39, 0.29) is 5.91 Å². The van der Waals surface area contributed by atoms with Crippen molar-refractivity contribution in [1.82, 2.24) is 14.7 Å². The monoisotopic (exact) mass is 266 g/mol. The maximum Gasteiger partial charge on any atom is 0.274 e. The highest BCUT2D eigenvalue weighted by molar-refractivity contribution is 5.97. The molecule has 0 aromatic carbocycles. The highest BCUT2D eigenvalue weighted by atomic mass is 16.5. The molecule has 2 heterocycles. The molecule has 2 N–H and O–H groups in total. The normalized spacial score (nSPS) is 16.6. The van der Waals surface area contributed by atoms with Crippen molar-refractivity contribution >= 4 is 11.6 Å². The van der Waals surface area contributed by atoms with Gasteiger partial charge < -0.3 is 15.4 Å². The first-order valence-corrected chi connectivity index (χ1v) is 6.63. The summed E-state index contributed by atoms with van der Waals surface area (Å²) in [5.41, 5.74) is 7.58. The number of nitrogens with zero attached hydrogens (tertiary/aromatic N) is 3. The minimum absolute atomic E-state index is 0.0629. The Morgan fingerprint density at radius 1 is 1.53 bits per heavy atom. The van der Waals surface area contributed by atoms with E-state index in [2.05, 4.69) is 5.10 Å². The molecule has 1 aromatic rings. The molecule has 6 nitrogen and oxygen atoms in total. The average Bonchev–Trinajstić information content (AvgIpc) is 2.63. The summed E-state index contributed by atoms with van der Waals surface area (Å²) in [5.74, 6) is 0.449. The van der Waals surface area contributed by atoms with Crippen molar-refractivity contribution in [3.8, 4) is 0 Å². The lowest BCUT2D eigenvalue weighted by molar-refractivity contribution is 0.0493. The molecule has 0 saturated carbocycles. The fraction of sp³-hybridized carbons (Fsp3) is 0.692. The second kappa shape index (κ2) is 5.61. The molecule has 106 valence electrons. The molecule has 2 rings (SSSR count). The van der Waals surface area contributed by atoms with Gasteiger partial charge in [-0.15, -0.1) is 0 Å². The number of hydrogen-bond donors (Lipinski definition) is 1. The first kappa shape index (κ1) is 13.9. The molecule has 1 aromatic heterocycles. The van der Waals surface area contributed by atoms with Crippen LogP contribution in [0.3, 0.4) is 0 Å². The van der Waals surface area contributed by atoms with E-state index in [0.29, 0.717) is 23.0 Å². The van der Waals surface area contributed by atoms with Crippen LogP contribution >= 0.6 is 0 Å². The number of aromatic nitrogens is 2. The minimum atomic E-state index is -0.0629. The summed E-state index contributed by atoms with van der Waals surface area (Å²) in [5, 5.41) is 4.19. The Kier molecular flexibility index (Phi) is 4.09. The first-order chi connectivity index (χ1) is 9.00. The SMILES string of the molecule is Cc1nn(C)c(C(=O)N(C)CC2CCOCC2)c1N. The summed E-state index contributed by atoms with van der Waals surface area (Å²) in [6.07, 6.45) is 2.02. The zero-order valence-corrected chi connectivity index (χ0v) is 11.8. The largest absolute Gasteiger partial charge is 0.395 e. The average molecular weight is 266 g/mol. The van der Waals surface area contributed by atoms with E-state index in [1.165, 1.54) is 0 Å². The molecule has 0 spiro atoms. The lowest BCUT2D eigenvalue weighted by Crippen LogP contribution is -2.35. The fourth-order valence-corrected chi connectivity index (χ4v) is 2.51. The Morgan fingerprint density at radius 2 is 2.16 bits per heavy atom. The van der Waals surface area contributed by atoms with Gasteiger partial charge in [0.15, 0.2) is 0 Å². The molecular formula is C13H22N4O2. The van der Waals surface area contributed by atoms with Crippen molar-refractivity contribution in [3.05, 3.63) is 11.4 Å². The molecule has 0 unspecified atom stereocenters. The third-order valence-electron chi connectivity index (χ3n) is 3.69. The number of anilines is 1. The van der Waals surface area contributed by atoms with E-state index in [4.69, 9.17) is 10.5 Å². The summed E-state index contributed by atoms with van der Waals surface area (Å²) in [7, 11) is 3.57. The van der Waals surface area contributed by atoms with E-state index in [0.717, 1.165) is 32.6 Å². The van der Waals surface area contributed by atoms with Crippen molar-refractivity contribution in [3.63, 3.8) is 0 Å². The molecule has 0 atom stereocenters. The van der Waals surface area contributed by atoms with E-state index >= 15 is 0 Å². The minimum Gasteiger partial charge on any atom is -0.395 e. The number of carbonyl (C=O) groups excluding carboxylic acids is 1. The van der Waals surface area contributed by atoms with Crippen molar-refractivity contribution in [1.29, 1.82) is 0 Å². The van der Waals surface area contributed by atoms with Crippen LogP contribution in [0.25, 0.3) is 0 Å². The van der Waals surface area contributed by atoms with Crippen LogP contribution in [0, 0.1) is 12.8 Å². The number of amides is 1. The predicted octanol–water partition coefficient (Wildman–Crippen LogP) is 0.809. The summed E-state index contributed by atoms with van der Waals surface area (Å²) in [6.45, 7) is 4.13. The summed E-state index contributed by atoms with van der Waals surface area (Å²) in [6, 6.07) is 0. The number of ether oxygens (including phenoxy) is 1. The Labute approximate surface area is 113 Å². The maximum absolute atomic E-state index is 12.4. The first-order valence-electron chi connectivity index (χ1n) is 6.63. The lowest BCUT2D eigenvalue weighted by Gasteiger charge is -2.27. The molecule has 1 aliphatic rings. The van der Waals surface area contributed by atoms with E-state index in [9.17, 15) is 4.79 Å². The number of nitrogens with two attached hydrogens (primary N) is 1. The zero-order chi connectivity index (χ0) is 14.0. The number of carbonyl (C=O) groups is 1. The number of nitrogen functional groups attached to an aromatic ring is 1. The van der Waals surface area contributed by atoms with E-state index in [1.807, 2.05) is 14.0 Å². The molecule has 1 amide bonds. The van der Waals surface area contributed by atoms with Gasteiger partial charge in [-0.1, -0.05) is 0 Å². The van der Waals surface area contributed by atoms with Gasteiger partial charge in [-0.3, -0.25) is 9.48 Å². The third kappa shape index (κ3) is 2.89. The highest BCUT2D eigenvalue weighted by Crippen LogP contribution is 2.20. The smallest absolute Gasteiger partial charge is 0.274 e. The van der Waals surface area contributed by atoms with Gasteiger partial charge >= 0.3 is 0 Å². The molecule has 1 aliphatic heterocycles. The van der Waals surface area contributed by atoms with Gasteiger partial charge in [-0.2, -0.15) is 5.10 Å². The van der Waals surface area contributed by atoms with Crippen LogP contribution in [0.4, 0.5) is 5.69 Å². The van der Waals surface area contributed by atoms with Crippen LogP contribution < -0.4 is 5.73 Å². The molecule has 1 fully saturated rings. The summed E-state index contributed by atoms with van der Waals surface area (Å²) in [4.78, 5) is 14.2. The van der Waals surface area contributed by atoms with Crippen LogP contribution in [-0.4, -0.2) is 47.4 Å². The van der Waals surface area contributed by atoms with E-state index in [1.54, 1.807) is 16.6 Å². The molecule has 0 aliphatic carbocycles. The van der Waals surface area contributed by atoms with Gasteiger partial charge in [0.2, 0.25) is 0 Å². The Bertz CT molecular complexity index is 463. The topological polar surface area (TPSA) is 73.4 Å². The van der Waals surface area contributed by atoms with Crippen molar-refractivity contribution in [2.45, 2.75) is 19.8 Å². The van der Waals surface area contributed by atoms with Gasteiger partial charge in [-0.05, 0) is 25.7 Å². The van der Waals surface area contributed by atoms with Crippen molar-refractivity contribution in [2.24, 2.45) is 13.0 Å².